The SMILES string of the molecule is O=C(c1ccn(COc2ccccc2[N+](=O)[O-])n1)N1CCN(Cc2ccccc2)CC1. The number of ether oxygens (including phenoxy) is 1. The number of benzene rings is 2. The molecule has 2 aromatic carbocycles. The number of para-hydroxylation sites is 2. The molecule has 0 radical (unpaired) electrons. The second kappa shape index (κ2) is 9.40. The molecule has 0 aliphatic carbocycles. The van der Waals surface area contributed by atoms with Gasteiger partial charge in [0, 0.05) is 45.0 Å². The Kier molecular flexibility index (Phi) is 6.23. The van der Waals surface area contributed by atoms with Gasteiger partial charge in [0.15, 0.2) is 18.2 Å². The first-order valence-corrected chi connectivity index (χ1v) is 10.1. The van der Waals surface area contributed by atoms with E-state index in [1.807, 2.05) is 18.2 Å². The second-order valence-electron chi connectivity index (χ2n) is 7.29. The van der Waals surface area contributed by atoms with Gasteiger partial charge in [0.25, 0.3) is 5.91 Å². The van der Waals surface area contributed by atoms with E-state index in [0.717, 1.165) is 19.6 Å². The monoisotopic (exact) mass is 421 g/mol. The lowest BCUT2D eigenvalue weighted by molar-refractivity contribution is -0.386. The zero-order valence-corrected chi connectivity index (χ0v) is 17.0. The quantitative estimate of drug-likeness (QED) is 0.430. The highest BCUT2D eigenvalue weighted by molar-refractivity contribution is 5.92. The maximum absolute atomic E-state index is 12.8. The molecule has 1 aliphatic rings. The van der Waals surface area contributed by atoms with Crippen LogP contribution in [0.1, 0.15) is 16.1 Å². The van der Waals surface area contributed by atoms with Gasteiger partial charge in [-0.15, -0.1) is 0 Å². The predicted molar refractivity (Wildman–Crippen MR) is 114 cm³/mol. The van der Waals surface area contributed by atoms with Crippen molar-refractivity contribution in [3.05, 3.63) is 88.2 Å². The van der Waals surface area contributed by atoms with Gasteiger partial charge in [-0.2, -0.15) is 5.10 Å². The van der Waals surface area contributed by atoms with Gasteiger partial charge in [0.2, 0.25) is 0 Å². The molecule has 2 heterocycles. The molecular weight excluding hydrogens is 398 g/mol. The van der Waals surface area contributed by atoms with Crippen LogP contribution in [0.4, 0.5) is 5.69 Å². The maximum Gasteiger partial charge on any atom is 0.311 e. The minimum atomic E-state index is -0.495. The Morgan fingerprint density at radius 1 is 1.00 bits per heavy atom. The molecule has 4 rings (SSSR count). The molecule has 0 atom stereocenters. The van der Waals surface area contributed by atoms with Crippen LogP contribution in [0, 0.1) is 10.1 Å². The topological polar surface area (TPSA) is 93.7 Å². The molecule has 3 aromatic rings. The van der Waals surface area contributed by atoms with Crippen molar-refractivity contribution in [1.82, 2.24) is 19.6 Å². The van der Waals surface area contributed by atoms with Crippen LogP contribution in [0.5, 0.6) is 5.75 Å². The van der Waals surface area contributed by atoms with Crippen molar-refractivity contribution in [2.75, 3.05) is 26.2 Å². The maximum atomic E-state index is 12.8. The first-order valence-electron chi connectivity index (χ1n) is 10.1. The fourth-order valence-electron chi connectivity index (χ4n) is 3.53. The third-order valence-electron chi connectivity index (χ3n) is 5.18. The Balaban J connectivity index is 1.30. The standard InChI is InChI=1S/C22H23N5O4/c28-22(25-14-12-24(13-15-25)16-18-6-2-1-3-7-18)19-10-11-26(23-19)17-31-21-9-5-4-8-20(21)27(29)30/h1-11H,12-17H2. The van der Waals surface area contributed by atoms with Gasteiger partial charge in [0.05, 0.1) is 4.92 Å². The summed E-state index contributed by atoms with van der Waals surface area (Å²) in [5.41, 5.74) is 1.49. The molecule has 9 heteroatoms. The molecule has 1 aliphatic heterocycles. The first kappa shape index (κ1) is 20.5. The normalized spacial score (nSPS) is 14.4. The van der Waals surface area contributed by atoms with E-state index in [4.69, 9.17) is 4.74 Å². The van der Waals surface area contributed by atoms with E-state index in [1.165, 1.54) is 22.4 Å². The molecule has 1 aromatic heterocycles. The third-order valence-corrected chi connectivity index (χ3v) is 5.18. The molecular formula is C22H23N5O4. The van der Waals surface area contributed by atoms with E-state index in [-0.39, 0.29) is 24.1 Å². The van der Waals surface area contributed by atoms with Crippen LogP contribution in [-0.2, 0) is 13.3 Å². The van der Waals surface area contributed by atoms with Crippen LogP contribution in [0.25, 0.3) is 0 Å². The Bertz CT molecular complexity index is 1040. The third kappa shape index (κ3) is 5.07. The van der Waals surface area contributed by atoms with E-state index in [9.17, 15) is 14.9 Å². The fourth-order valence-corrected chi connectivity index (χ4v) is 3.53. The molecule has 0 N–H and O–H groups in total. The molecule has 0 bridgehead atoms. The first-order chi connectivity index (χ1) is 15.1. The molecule has 31 heavy (non-hydrogen) atoms. The van der Waals surface area contributed by atoms with Gasteiger partial charge in [0.1, 0.15) is 0 Å². The molecule has 1 amide bonds. The number of carbonyl (C=O) groups excluding carboxylic acids is 1. The average Bonchev–Trinajstić information content (AvgIpc) is 3.28. The summed E-state index contributed by atoms with van der Waals surface area (Å²) < 4.78 is 6.97. The van der Waals surface area contributed by atoms with E-state index in [2.05, 4.69) is 22.1 Å². The van der Waals surface area contributed by atoms with E-state index in [1.54, 1.807) is 29.3 Å². The summed E-state index contributed by atoms with van der Waals surface area (Å²) in [5.74, 6) is 0.0363. The number of piperazine rings is 1. The van der Waals surface area contributed by atoms with Crippen molar-refractivity contribution in [3.8, 4) is 5.75 Å². The van der Waals surface area contributed by atoms with Crippen LogP contribution in [0.15, 0.2) is 66.9 Å². The molecule has 1 saturated heterocycles. The zero-order valence-electron chi connectivity index (χ0n) is 17.0. The Morgan fingerprint density at radius 2 is 1.71 bits per heavy atom. The summed E-state index contributed by atoms with van der Waals surface area (Å²) in [6.45, 7) is 3.75. The Labute approximate surface area is 179 Å². The number of rotatable bonds is 7. The largest absolute Gasteiger partial charge is 0.464 e. The van der Waals surface area contributed by atoms with Crippen LogP contribution < -0.4 is 4.74 Å². The van der Waals surface area contributed by atoms with Crippen molar-refractivity contribution in [3.63, 3.8) is 0 Å². The number of aromatic nitrogens is 2. The highest BCUT2D eigenvalue weighted by Gasteiger charge is 2.24. The minimum Gasteiger partial charge on any atom is -0.464 e. The van der Waals surface area contributed by atoms with Crippen LogP contribution in [0.2, 0.25) is 0 Å². The lowest BCUT2D eigenvalue weighted by Crippen LogP contribution is -2.48. The van der Waals surface area contributed by atoms with Crippen LogP contribution in [0.3, 0.4) is 0 Å². The molecule has 0 saturated carbocycles. The van der Waals surface area contributed by atoms with Gasteiger partial charge in [-0.3, -0.25) is 19.8 Å². The summed E-state index contributed by atoms with van der Waals surface area (Å²) in [6.07, 6.45) is 1.63. The molecule has 160 valence electrons. The van der Waals surface area contributed by atoms with Gasteiger partial charge >= 0.3 is 5.69 Å². The van der Waals surface area contributed by atoms with E-state index in [0.29, 0.717) is 18.8 Å². The summed E-state index contributed by atoms with van der Waals surface area (Å²) >= 11 is 0. The van der Waals surface area contributed by atoms with Crippen molar-refractivity contribution in [2.45, 2.75) is 13.3 Å². The Hall–Kier alpha value is -3.72. The summed E-state index contributed by atoms with van der Waals surface area (Å²) in [7, 11) is 0. The lowest BCUT2D eigenvalue weighted by Gasteiger charge is -2.34. The van der Waals surface area contributed by atoms with Crippen molar-refractivity contribution in [1.29, 1.82) is 0 Å². The number of carbonyl (C=O) groups is 1. The molecule has 0 unspecified atom stereocenters. The average molecular weight is 421 g/mol. The molecule has 1 fully saturated rings. The van der Waals surface area contributed by atoms with Gasteiger partial charge < -0.3 is 9.64 Å². The number of nitro groups is 1. The summed E-state index contributed by atoms with van der Waals surface area (Å²) in [4.78, 5) is 27.5. The van der Waals surface area contributed by atoms with Crippen molar-refractivity contribution >= 4 is 11.6 Å². The van der Waals surface area contributed by atoms with Crippen molar-refractivity contribution in [2.24, 2.45) is 0 Å². The number of hydrogen-bond acceptors (Lipinski definition) is 6. The van der Waals surface area contributed by atoms with Gasteiger partial charge in [-0.05, 0) is 17.7 Å². The van der Waals surface area contributed by atoms with Crippen LogP contribution >= 0.6 is 0 Å². The van der Waals surface area contributed by atoms with E-state index >= 15 is 0 Å². The minimum absolute atomic E-state index is 0.0248. The predicted octanol–water partition coefficient (Wildman–Crippen LogP) is 2.79. The summed E-state index contributed by atoms with van der Waals surface area (Å²) in [6, 6.07) is 18.1. The number of nitrogens with zero attached hydrogens (tertiary/aromatic N) is 5. The number of hydrogen-bond donors (Lipinski definition) is 0. The Morgan fingerprint density at radius 3 is 2.45 bits per heavy atom. The molecule has 9 nitrogen and oxygen atoms in total. The second-order valence-corrected chi connectivity index (χ2v) is 7.29. The number of amides is 1. The fraction of sp³-hybridized carbons (Fsp3) is 0.273. The van der Waals surface area contributed by atoms with E-state index < -0.39 is 4.92 Å². The smallest absolute Gasteiger partial charge is 0.311 e. The summed E-state index contributed by atoms with van der Waals surface area (Å²) in [5, 5.41) is 15.4. The zero-order chi connectivity index (χ0) is 21.6. The lowest BCUT2D eigenvalue weighted by atomic mass is 10.2. The van der Waals surface area contributed by atoms with Gasteiger partial charge in [-0.25, -0.2) is 4.68 Å². The molecule has 0 spiro atoms. The highest BCUT2D eigenvalue weighted by Crippen LogP contribution is 2.26. The van der Waals surface area contributed by atoms with Crippen molar-refractivity contribution < 1.29 is 14.5 Å². The van der Waals surface area contributed by atoms with Gasteiger partial charge in [-0.1, -0.05) is 42.5 Å². The highest BCUT2D eigenvalue weighted by atomic mass is 16.6. The van der Waals surface area contributed by atoms with Crippen LogP contribution in [-0.4, -0.2) is 56.6 Å². The number of nitro benzene ring substituents is 1.